The van der Waals surface area contributed by atoms with Crippen molar-refractivity contribution in [1.29, 1.82) is 0 Å². The van der Waals surface area contributed by atoms with Crippen molar-refractivity contribution in [3.05, 3.63) is 24.4 Å². The van der Waals surface area contributed by atoms with Gasteiger partial charge in [0.2, 0.25) is 0 Å². The Morgan fingerprint density at radius 3 is 2.83 bits per heavy atom. The Kier molecular flexibility index (Phi) is 2.47. The molecule has 2 atom stereocenters. The maximum atomic E-state index is 3.54. The summed E-state index contributed by atoms with van der Waals surface area (Å²) in [6.45, 7) is 1.18. The van der Waals surface area contributed by atoms with Gasteiger partial charge >= 0.3 is 0 Å². The lowest BCUT2D eigenvalue weighted by Gasteiger charge is -2.30. The van der Waals surface area contributed by atoms with Crippen LogP contribution in [0.2, 0.25) is 0 Å². The maximum absolute atomic E-state index is 3.54. The number of dihydropyridines is 1. The van der Waals surface area contributed by atoms with Crippen molar-refractivity contribution in [2.45, 2.75) is 31.3 Å². The largest absolute Gasteiger partial charge is 0.383 e. The lowest BCUT2D eigenvalue weighted by Crippen LogP contribution is -2.48. The molecular formula is C10H16N2. The SMILES string of the molecule is C1=CNC(C2CCCCN2)C=C1. The van der Waals surface area contributed by atoms with E-state index in [2.05, 4.69) is 22.8 Å². The number of nitrogens with one attached hydrogen (secondary N) is 2. The van der Waals surface area contributed by atoms with Crippen molar-refractivity contribution >= 4 is 0 Å². The zero-order valence-corrected chi connectivity index (χ0v) is 7.29. The van der Waals surface area contributed by atoms with Gasteiger partial charge in [-0.25, -0.2) is 0 Å². The Labute approximate surface area is 73.7 Å². The van der Waals surface area contributed by atoms with Gasteiger partial charge in [-0.05, 0) is 31.7 Å². The summed E-state index contributed by atoms with van der Waals surface area (Å²) in [6.07, 6.45) is 12.4. The molecule has 2 unspecified atom stereocenters. The van der Waals surface area contributed by atoms with Crippen LogP contribution in [-0.4, -0.2) is 18.6 Å². The molecule has 2 N–H and O–H groups in total. The summed E-state index contributed by atoms with van der Waals surface area (Å²) in [6, 6.07) is 1.15. The van der Waals surface area contributed by atoms with Crippen LogP contribution in [-0.2, 0) is 0 Å². The van der Waals surface area contributed by atoms with E-state index < -0.39 is 0 Å². The van der Waals surface area contributed by atoms with Crippen molar-refractivity contribution in [2.24, 2.45) is 0 Å². The van der Waals surface area contributed by atoms with Crippen LogP contribution in [0.1, 0.15) is 19.3 Å². The van der Waals surface area contributed by atoms with Gasteiger partial charge in [0.25, 0.3) is 0 Å². The molecule has 0 bridgehead atoms. The average Bonchev–Trinajstić information content (AvgIpc) is 2.21. The molecule has 1 fully saturated rings. The zero-order chi connectivity index (χ0) is 8.23. The summed E-state index contributed by atoms with van der Waals surface area (Å²) < 4.78 is 0. The van der Waals surface area contributed by atoms with Gasteiger partial charge in [0.05, 0.1) is 6.04 Å². The Morgan fingerprint density at radius 1 is 1.17 bits per heavy atom. The first-order valence-corrected chi connectivity index (χ1v) is 4.79. The van der Waals surface area contributed by atoms with Crippen LogP contribution < -0.4 is 10.6 Å². The molecule has 0 radical (unpaired) electrons. The summed E-state index contributed by atoms with van der Waals surface area (Å²) in [7, 11) is 0. The highest BCUT2D eigenvalue weighted by atomic mass is 15.0. The van der Waals surface area contributed by atoms with Crippen molar-refractivity contribution < 1.29 is 0 Å². The fourth-order valence-corrected chi connectivity index (χ4v) is 1.90. The highest BCUT2D eigenvalue weighted by Gasteiger charge is 2.20. The van der Waals surface area contributed by atoms with Gasteiger partial charge in [-0.1, -0.05) is 18.6 Å². The molecule has 1 saturated heterocycles. The molecule has 2 heteroatoms. The third kappa shape index (κ3) is 1.69. The maximum Gasteiger partial charge on any atom is 0.0595 e. The first-order chi connectivity index (χ1) is 5.97. The number of hydrogen-bond acceptors (Lipinski definition) is 2. The Morgan fingerprint density at radius 2 is 2.17 bits per heavy atom. The molecule has 0 saturated carbocycles. The number of piperidine rings is 1. The van der Waals surface area contributed by atoms with Gasteiger partial charge in [-0.2, -0.15) is 0 Å². The molecule has 2 aliphatic heterocycles. The summed E-state index contributed by atoms with van der Waals surface area (Å²) in [4.78, 5) is 0. The van der Waals surface area contributed by atoms with Crippen LogP contribution in [0.3, 0.4) is 0 Å². The second-order valence-corrected chi connectivity index (χ2v) is 3.49. The van der Waals surface area contributed by atoms with Crippen molar-refractivity contribution in [3.8, 4) is 0 Å². The highest BCUT2D eigenvalue weighted by Crippen LogP contribution is 2.12. The molecule has 66 valence electrons. The molecule has 0 aromatic rings. The second kappa shape index (κ2) is 3.76. The average molecular weight is 164 g/mol. The normalized spacial score (nSPS) is 34.7. The van der Waals surface area contributed by atoms with Crippen molar-refractivity contribution in [1.82, 2.24) is 10.6 Å². The third-order valence-electron chi connectivity index (χ3n) is 2.60. The lowest BCUT2D eigenvalue weighted by molar-refractivity contribution is 0.357. The van der Waals surface area contributed by atoms with Crippen LogP contribution >= 0.6 is 0 Å². The summed E-state index contributed by atoms with van der Waals surface area (Å²) in [5, 5.41) is 6.90. The Balaban J connectivity index is 1.90. The molecule has 0 aromatic carbocycles. The Bertz CT molecular complexity index is 190. The van der Waals surface area contributed by atoms with Crippen molar-refractivity contribution in [3.63, 3.8) is 0 Å². The fourth-order valence-electron chi connectivity index (χ4n) is 1.90. The van der Waals surface area contributed by atoms with Crippen LogP contribution in [0.15, 0.2) is 24.4 Å². The van der Waals surface area contributed by atoms with Gasteiger partial charge in [-0.15, -0.1) is 0 Å². The number of hydrogen-bond donors (Lipinski definition) is 2. The van der Waals surface area contributed by atoms with E-state index in [1.54, 1.807) is 0 Å². The van der Waals surface area contributed by atoms with E-state index in [9.17, 15) is 0 Å². The van der Waals surface area contributed by atoms with E-state index in [4.69, 9.17) is 0 Å². The van der Waals surface area contributed by atoms with E-state index in [1.165, 1.54) is 25.8 Å². The predicted octanol–water partition coefficient (Wildman–Crippen LogP) is 1.17. The minimum Gasteiger partial charge on any atom is -0.383 e. The van der Waals surface area contributed by atoms with E-state index in [0.717, 1.165) is 0 Å². The fraction of sp³-hybridized carbons (Fsp3) is 0.600. The number of rotatable bonds is 1. The molecule has 0 spiro atoms. The van der Waals surface area contributed by atoms with Crippen LogP contribution in [0.25, 0.3) is 0 Å². The van der Waals surface area contributed by atoms with Crippen LogP contribution in [0.5, 0.6) is 0 Å². The van der Waals surface area contributed by atoms with Gasteiger partial charge in [0.15, 0.2) is 0 Å². The third-order valence-corrected chi connectivity index (χ3v) is 2.60. The molecule has 2 rings (SSSR count). The minimum absolute atomic E-state index is 0.510. The van der Waals surface area contributed by atoms with Gasteiger partial charge in [0, 0.05) is 6.04 Å². The summed E-state index contributed by atoms with van der Waals surface area (Å²) >= 11 is 0. The second-order valence-electron chi connectivity index (χ2n) is 3.49. The smallest absolute Gasteiger partial charge is 0.0595 e. The monoisotopic (exact) mass is 164 g/mol. The van der Waals surface area contributed by atoms with Gasteiger partial charge in [-0.3, -0.25) is 0 Å². The standard InChI is InChI=1S/C10H16N2/c1-3-7-11-9(5-1)10-6-2-4-8-12-10/h1,3,5,7,9-12H,2,4,6,8H2. The van der Waals surface area contributed by atoms with E-state index in [0.29, 0.717) is 12.1 Å². The summed E-state index contributed by atoms with van der Waals surface area (Å²) in [5.41, 5.74) is 0. The van der Waals surface area contributed by atoms with E-state index in [-0.39, 0.29) is 0 Å². The summed E-state index contributed by atoms with van der Waals surface area (Å²) in [5.74, 6) is 0. The molecule has 2 nitrogen and oxygen atoms in total. The molecule has 2 aliphatic rings. The minimum atomic E-state index is 0.510. The molecular weight excluding hydrogens is 148 g/mol. The first-order valence-electron chi connectivity index (χ1n) is 4.79. The molecule has 0 amide bonds. The van der Waals surface area contributed by atoms with Gasteiger partial charge in [0.1, 0.15) is 0 Å². The topological polar surface area (TPSA) is 24.1 Å². The number of allylic oxidation sites excluding steroid dienone is 2. The van der Waals surface area contributed by atoms with Crippen LogP contribution in [0, 0.1) is 0 Å². The highest BCUT2D eigenvalue weighted by molar-refractivity contribution is 5.14. The molecule has 2 heterocycles. The van der Waals surface area contributed by atoms with Crippen LogP contribution in [0.4, 0.5) is 0 Å². The zero-order valence-electron chi connectivity index (χ0n) is 7.29. The van der Waals surface area contributed by atoms with Crippen molar-refractivity contribution in [2.75, 3.05) is 6.54 Å². The predicted molar refractivity (Wildman–Crippen MR) is 50.8 cm³/mol. The lowest BCUT2D eigenvalue weighted by atomic mass is 9.97. The van der Waals surface area contributed by atoms with E-state index in [1.807, 2.05) is 12.3 Å². The first kappa shape index (κ1) is 7.87. The Hall–Kier alpha value is -0.760. The van der Waals surface area contributed by atoms with Gasteiger partial charge < -0.3 is 10.6 Å². The molecule has 0 aromatic heterocycles. The van der Waals surface area contributed by atoms with E-state index >= 15 is 0 Å². The molecule has 12 heavy (non-hydrogen) atoms. The quantitative estimate of drug-likeness (QED) is 0.608. The molecule has 0 aliphatic carbocycles.